The number of anilines is 1. The van der Waals surface area contributed by atoms with Gasteiger partial charge in [-0.3, -0.25) is 4.98 Å². The molecular formula is C30H33F3N2. The van der Waals surface area contributed by atoms with Crippen LogP contribution in [0.3, 0.4) is 0 Å². The summed E-state index contributed by atoms with van der Waals surface area (Å²) in [7, 11) is 0. The van der Waals surface area contributed by atoms with E-state index in [1.54, 1.807) is 32.0 Å². The number of nitrogens with one attached hydrogen (secondary N) is 1. The number of hydrogen-bond acceptors (Lipinski definition) is 2. The van der Waals surface area contributed by atoms with Crippen molar-refractivity contribution in [3.05, 3.63) is 82.4 Å². The number of rotatable bonds is 6. The largest absolute Gasteiger partial charge is 0.356 e. The highest BCUT2D eigenvalue weighted by Crippen LogP contribution is 2.58. The Balaban J connectivity index is 1.28. The molecule has 1 N–H and O–H groups in total. The standard InChI is InChI=1S/C30H33F3N2/c1-5-26(35-30-18(4)10-17(3)28(32)29(30)33)16(2)11-19-12-21-13-20(19)14-24(21)23-8-9-34-27-7-6-22(31)15-25(23)27/h5-10,15-16,19-21,24,35H,11-14H2,1-4H3/b26-5-/t16-,19?,20?,21?,24?/m1/s1. The molecule has 0 spiro atoms. The molecule has 0 saturated heterocycles. The fraction of sp³-hybridized carbons (Fsp3) is 0.433. The second kappa shape index (κ2) is 9.33. The third-order valence-corrected chi connectivity index (χ3v) is 8.49. The second-order valence-electron chi connectivity index (χ2n) is 10.7. The van der Waals surface area contributed by atoms with E-state index < -0.39 is 11.6 Å². The number of halogens is 3. The summed E-state index contributed by atoms with van der Waals surface area (Å²) in [5.74, 6) is 0.687. The highest BCUT2D eigenvalue weighted by molar-refractivity contribution is 5.82. The molecule has 5 rings (SSSR count). The van der Waals surface area contributed by atoms with Gasteiger partial charge in [-0.1, -0.05) is 19.1 Å². The number of aromatic nitrogens is 1. The van der Waals surface area contributed by atoms with Gasteiger partial charge in [0.25, 0.3) is 0 Å². The summed E-state index contributed by atoms with van der Waals surface area (Å²) < 4.78 is 42.8. The van der Waals surface area contributed by atoms with E-state index in [9.17, 15) is 13.2 Å². The van der Waals surface area contributed by atoms with Crippen molar-refractivity contribution < 1.29 is 13.2 Å². The Bertz CT molecular complexity index is 1300. The summed E-state index contributed by atoms with van der Waals surface area (Å²) in [5.41, 5.74) is 4.29. The Hall–Kier alpha value is -2.82. The molecule has 184 valence electrons. The monoisotopic (exact) mass is 478 g/mol. The average Bonchev–Trinajstić information content (AvgIpc) is 3.43. The van der Waals surface area contributed by atoms with E-state index in [0.29, 0.717) is 34.8 Å². The predicted octanol–water partition coefficient (Wildman–Crippen LogP) is 8.44. The van der Waals surface area contributed by atoms with Crippen molar-refractivity contribution in [2.75, 3.05) is 5.32 Å². The van der Waals surface area contributed by atoms with Gasteiger partial charge in [0.05, 0.1) is 11.2 Å². The minimum absolute atomic E-state index is 0.210. The first-order valence-electron chi connectivity index (χ1n) is 12.7. The van der Waals surface area contributed by atoms with Crippen LogP contribution >= 0.6 is 0 Å². The number of benzene rings is 2. The van der Waals surface area contributed by atoms with Crippen LogP contribution in [0, 0.1) is 55.0 Å². The molecule has 3 aromatic rings. The van der Waals surface area contributed by atoms with Gasteiger partial charge in [-0.05, 0) is 117 Å². The van der Waals surface area contributed by atoms with E-state index >= 15 is 0 Å². The first-order chi connectivity index (χ1) is 16.8. The minimum Gasteiger partial charge on any atom is -0.356 e. The zero-order valence-corrected chi connectivity index (χ0v) is 20.8. The lowest BCUT2D eigenvalue weighted by molar-refractivity contribution is 0.269. The Morgan fingerprint density at radius 2 is 1.83 bits per heavy atom. The van der Waals surface area contributed by atoms with Gasteiger partial charge in [0.15, 0.2) is 11.6 Å². The van der Waals surface area contributed by atoms with Gasteiger partial charge in [-0.15, -0.1) is 0 Å². The smallest absolute Gasteiger partial charge is 0.182 e. The van der Waals surface area contributed by atoms with E-state index in [-0.39, 0.29) is 17.4 Å². The lowest BCUT2D eigenvalue weighted by Crippen LogP contribution is -2.21. The van der Waals surface area contributed by atoms with Crippen LogP contribution in [-0.2, 0) is 0 Å². The summed E-state index contributed by atoms with van der Waals surface area (Å²) >= 11 is 0. The van der Waals surface area contributed by atoms with Crippen LogP contribution in [-0.4, -0.2) is 4.98 Å². The topological polar surface area (TPSA) is 24.9 Å². The van der Waals surface area contributed by atoms with Crippen molar-refractivity contribution in [3.63, 3.8) is 0 Å². The Morgan fingerprint density at radius 3 is 2.54 bits per heavy atom. The van der Waals surface area contributed by atoms with Crippen molar-refractivity contribution in [1.29, 1.82) is 0 Å². The minimum atomic E-state index is -0.808. The summed E-state index contributed by atoms with van der Waals surface area (Å²) in [6.45, 7) is 7.51. The van der Waals surface area contributed by atoms with Gasteiger partial charge in [-0.25, -0.2) is 13.2 Å². The molecular weight excluding hydrogens is 445 g/mol. The number of allylic oxidation sites excluding steroid dienone is 2. The molecule has 2 fully saturated rings. The van der Waals surface area contributed by atoms with Crippen molar-refractivity contribution in [2.24, 2.45) is 23.7 Å². The molecule has 35 heavy (non-hydrogen) atoms. The van der Waals surface area contributed by atoms with E-state index in [0.717, 1.165) is 35.9 Å². The molecule has 2 nitrogen and oxygen atoms in total. The molecule has 5 heteroatoms. The van der Waals surface area contributed by atoms with Crippen molar-refractivity contribution >= 4 is 16.6 Å². The molecule has 0 radical (unpaired) electrons. The van der Waals surface area contributed by atoms with Gasteiger partial charge in [0.1, 0.15) is 5.82 Å². The van der Waals surface area contributed by atoms with E-state index in [1.165, 1.54) is 18.1 Å². The van der Waals surface area contributed by atoms with Crippen LogP contribution < -0.4 is 5.32 Å². The van der Waals surface area contributed by atoms with Crippen LogP contribution in [0.5, 0.6) is 0 Å². The first-order valence-corrected chi connectivity index (χ1v) is 12.7. The van der Waals surface area contributed by atoms with E-state index in [1.807, 2.05) is 19.2 Å². The molecule has 5 atom stereocenters. The van der Waals surface area contributed by atoms with Crippen LogP contribution in [0.2, 0.25) is 0 Å². The van der Waals surface area contributed by atoms with Crippen LogP contribution in [0.4, 0.5) is 18.9 Å². The zero-order chi connectivity index (χ0) is 24.9. The maximum atomic E-state index is 14.7. The third kappa shape index (κ3) is 4.34. The molecule has 2 bridgehead atoms. The molecule has 2 saturated carbocycles. The van der Waals surface area contributed by atoms with E-state index in [4.69, 9.17) is 0 Å². The number of aryl methyl sites for hydroxylation is 2. The fourth-order valence-electron chi connectivity index (χ4n) is 6.80. The van der Waals surface area contributed by atoms with Crippen LogP contribution in [0.25, 0.3) is 10.9 Å². The molecule has 0 aliphatic heterocycles. The molecule has 2 aliphatic carbocycles. The number of pyridine rings is 1. The summed E-state index contributed by atoms with van der Waals surface area (Å²) in [6.07, 6.45) is 8.32. The maximum absolute atomic E-state index is 14.7. The quantitative estimate of drug-likeness (QED) is 0.384. The third-order valence-electron chi connectivity index (χ3n) is 8.49. The highest BCUT2D eigenvalue weighted by Gasteiger charge is 2.46. The first kappa shape index (κ1) is 23.9. The summed E-state index contributed by atoms with van der Waals surface area (Å²) in [5, 5.41) is 4.16. The highest BCUT2D eigenvalue weighted by atomic mass is 19.2. The second-order valence-corrected chi connectivity index (χ2v) is 10.7. The average molecular weight is 479 g/mol. The predicted molar refractivity (Wildman–Crippen MR) is 136 cm³/mol. The summed E-state index contributed by atoms with van der Waals surface area (Å²) in [6, 6.07) is 8.63. The molecule has 1 aromatic heterocycles. The lowest BCUT2D eigenvalue weighted by Gasteiger charge is -2.31. The number of nitrogens with zero attached hydrogens (tertiary/aromatic N) is 1. The van der Waals surface area contributed by atoms with Crippen molar-refractivity contribution in [2.45, 2.75) is 59.3 Å². The molecule has 1 heterocycles. The molecule has 4 unspecified atom stereocenters. The fourth-order valence-corrected chi connectivity index (χ4v) is 6.80. The SMILES string of the molecule is C/C=C(\Nc1c(C)cc(C)c(F)c1F)[C@H](C)CC1CC2CC1CC2c1ccnc2ccc(F)cc12. The summed E-state index contributed by atoms with van der Waals surface area (Å²) in [4.78, 5) is 4.43. The molecule has 2 aliphatic rings. The van der Waals surface area contributed by atoms with Gasteiger partial charge < -0.3 is 5.32 Å². The zero-order valence-electron chi connectivity index (χ0n) is 20.8. The number of fused-ring (bicyclic) bond motifs is 3. The normalized spacial score (nSPS) is 24.8. The van der Waals surface area contributed by atoms with Gasteiger partial charge >= 0.3 is 0 Å². The Morgan fingerprint density at radius 1 is 1.03 bits per heavy atom. The Labute approximate surface area is 205 Å². The maximum Gasteiger partial charge on any atom is 0.182 e. The van der Waals surface area contributed by atoms with Crippen LogP contribution in [0.15, 0.2) is 48.3 Å². The Kier molecular flexibility index (Phi) is 6.37. The molecule has 2 aromatic carbocycles. The van der Waals surface area contributed by atoms with Crippen molar-refractivity contribution in [1.82, 2.24) is 4.98 Å². The van der Waals surface area contributed by atoms with Crippen LogP contribution in [0.1, 0.15) is 62.1 Å². The van der Waals surface area contributed by atoms with Gasteiger partial charge in [0.2, 0.25) is 0 Å². The van der Waals surface area contributed by atoms with Crippen molar-refractivity contribution in [3.8, 4) is 0 Å². The molecule has 0 amide bonds. The van der Waals surface area contributed by atoms with E-state index in [2.05, 4.69) is 23.3 Å². The van der Waals surface area contributed by atoms with Gasteiger partial charge in [0, 0.05) is 17.3 Å². The number of hydrogen-bond donors (Lipinski definition) is 1. The van der Waals surface area contributed by atoms with Gasteiger partial charge in [-0.2, -0.15) is 0 Å². The lowest BCUT2D eigenvalue weighted by atomic mass is 9.75.